The van der Waals surface area contributed by atoms with Crippen LogP contribution in [0.3, 0.4) is 0 Å². The molecule has 0 saturated carbocycles. The van der Waals surface area contributed by atoms with E-state index in [1.807, 2.05) is 18.2 Å². The minimum absolute atomic E-state index is 0.640. The lowest BCUT2D eigenvalue weighted by Gasteiger charge is -2.04. The summed E-state index contributed by atoms with van der Waals surface area (Å²) in [6.07, 6.45) is 3.47. The summed E-state index contributed by atoms with van der Waals surface area (Å²) in [6, 6.07) is 5.72. The van der Waals surface area contributed by atoms with Crippen LogP contribution in [-0.4, -0.2) is 22.1 Å². The lowest BCUT2D eigenvalue weighted by Crippen LogP contribution is -2.13. The van der Waals surface area contributed by atoms with Gasteiger partial charge in [0.1, 0.15) is 0 Å². The van der Waals surface area contributed by atoms with Crippen LogP contribution in [0.5, 0.6) is 5.88 Å². The Hall–Kier alpha value is -1.88. The van der Waals surface area contributed by atoms with E-state index in [2.05, 4.69) is 20.3 Å². The number of imidazole rings is 1. The standard InChI is InChI=1S/C11H14N4O/c1-16-11-4-2-3-9(15-11)5-12-6-10-7-13-8-14-10/h2-4,7-8,12H,5-6H2,1H3,(H,13,14). The zero-order chi connectivity index (χ0) is 11.2. The molecule has 0 fully saturated rings. The smallest absolute Gasteiger partial charge is 0.213 e. The number of H-pyrrole nitrogens is 1. The van der Waals surface area contributed by atoms with Gasteiger partial charge in [-0.15, -0.1) is 0 Å². The Bertz CT molecular complexity index is 427. The van der Waals surface area contributed by atoms with E-state index in [4.69, 9.17) is 4.74 Å². The fraction of sp³-hybridized carbons (Fsp3) is 0.273. The molecular formula is C11H14N4O. The Morgan fingerprint density at radius 1 is 1.38 bits per heavy atom. The second kappa shape index (κ2) is 5.27. The zero-order valence-electron chi connectivity index (χ0n) is 9.10. The lowest BCUT2D eigenvalue weighted by molar-refractivity contribution is 0.395. The Balaban J connectivity index is 1.85. The summed E-state index contributed by atoms with van der Waals surface area (Å²) in [6.45, 7) is 1.45. The molecule has 2 aromatic heterocycles. The molecule has 0 aromatic carbocycles. The zero-order valence-corrected chi connectivity index (χ0v) is 9.10. The molecule has 16 heavy (non-hydrogen) atoms. The fourth-order valence-corrected chi connectivity index (χ4v) is 1.38. The number of pyridine rings is 1. The first-order chi connectivity index (χ1) is 7.88. The topological polar surface area (TPSA) is 62.8 Å². The number of nitrogens with one attached hydrogen (secondary N) is 2. The third-order valence-corrected chi connectivity index (χ3v) is 2.17. The molecule has 5 nitrogen and oxygen atoms in total. The maximum atomic E-state index is 5.05. The molecule has 2 heterocycles. The first-order valence-corrected chi connectivity index (χ1v) is 5.06. The summed E-state index contributed by atoms with van der Waals surface area (Å²) >= 11 is 0. The van der Waals surface area contributed by atoms with Crippen molar-refractivity contribution >= 4 is 0 Å². The molecule has 0 unspecified atom stereocenters. The van der Waals surface area contributed by atoms with Gasteiger partial charge in [0, 0.05) is 31.0 Å². The van der Waals surface area contributed by atoms with Crippen molar-refractivity contribution in [2.24, 2.45) is 0 Å². The molecule has 0 aliphatic rings. The van der Waals surface area contributed by atoms with Crippen LogP contribution in [0, 0.1) is 0 Å². The van der Waals surface area contributed by atoms with E-state index in [1.54, 1.807) is 19.6 Å². The van der Waals surface area contributed by atoms with Gasteiger partial charge in [0.15, 0.2) is 0 Å². The van der Waals surface area contributed by atoms with Crippen LogP contribution >= 0.6 is 0 Å². The minimum atomic E-state index is 0.640. The van der Waals surface area contributed by atoms with E-state index in [0.717, 1.165) is 17.9 Å². The molecule has 0 saturated heterocycles. The highest BCUT2D eigenvalue weighted by Crippen LogP contribution is 2.06. The van der Waals surface area contributed by atoms with Crippen molar-refractivity contribution in [3.63, 3.8) is 0 Å². The summed E-state index contributed by atoms with van der Waals surface area (Å²) in [5.41, 5.74) is 2.02. The highest BCUT2D eigenvalue weighted by atomic mass is 16.5. The van der Waals surface area contributed by atoms with Crippen molar-refractivity contribution in [3.05, 3.63) is 42.1 Å². The van der Waals surface area contributed by atoms with E-state index < -0.39 is 0 Å². The third kappa shape index (κ3) is 2.80. The molecule has 0 amide bonds. The molecule has 0 atom stereocenters. The molecule has 84 valence electrons. The van der Waals surface area contributed by atoms with Gasteiger partial charge in [0.05, 0.1) is 19.1 Å². The van der Waals surface area contributed by atoms with Crippen LogP contribution in [0.25, 0.3) is 0 Å². The van der Waals surface area contributed by atoms with Crippen molar-refractivity contribution in [1.82, 2.24) is 20.3 Å². The van der Waals surface area contributed by atoms with Gasteiger partial charge < -0.3 is 15.0 Å². The summed E-state index contributed by atoms with van der Waals surface area (Å²) in [7, 11) is 1.62. The van der Waals surface area contributed by atoms with Crippen LogP contribution in [0.4, 0.5) is 0 Å². The maximum Gasteiger partial charge on any atom is 0.213 e. The number of methoxy groups -OCH3 is 1. The highest BCUT2D eigenvalue weighted by molar-refractivity contribution is 5.15. The predicted molar refractivity (Wildman–Crippen MR) is 59.9 cm³/mol. The quantitative estimate of drug-likeness (QED) is 0.789. The van der Waals surface area contributed by atoms with Gasteiger partial charge in [-0.05, 0) is 6.07 Å². The van der Waals surface area contributed by atoms with Crippen LogP contribution in [0.2, 0.25) is 0 Å². The van der Waals surface area contributed by atoms with Crippen molar-refractivity contribution in [2.45, 2.75) is 13.1 Å². The lowest BCUT2D eigenvalue weighted by atomic mass is 10.3. The molecule has 0 radical (unpaired) electrons. The first-order valence-electron chi connectivity index (χ1n) is 5.06. The number of hydrogen-bond acceptors (Lipinski definition) is 4. The summed E-state index contributed by atoms with van der Waals surface area (Å²) in [5, 5.41) is 3.27. The van der Waals surface area contributed by atoms with Gasteiger partial charge in [-0.25, -0.2) is 9.97 Å². The Kier molecular flexibility index (Phi) is 3.50. The molecule has 0 spiro atoms. The van der Waals surface area contributed by atoms with Gasteiger partial charge in [-0.3, -0.25) is 0 Å². The number of aromatic nitrogens is 3. The van der Waals surface area contributed by atoms with Crippen molar-refractivity contribution in [1.29, 1.82) is 0 Å². The average Bonchev–Trinajstić information content (AvgIpc) is 2.82. The maximum absolute atomic E-state index is 5.05. The van der Waals surface area contributed by atoms with E-state index in [-0.39, 0.29) is 0 Å². The van der Waals surface area contributed by atoms with Crippen LogP contribution in [-0.2, 0) is 13.1 Å². The minimum Gasteiger partial charge on any atom is -0.481 e. The Morgan fingerprint density at radius 3 is 3.06 bits per heavy atom. The van der Waals surface area contributed by atoms with E-state index in [0.29, 0.717) is 12.4 Å². The van der Waals surface area contributed by atoms with Crippen LogP contribution in [0.15, 0.2) is 30.7 Å². The van der Waals surface area contributed by atoms with Crippen molar-refractivity contribution < 1.29 is 4.74 Å². The third-order valence-electron chi connectivity index (χ3n) is 2.17. The molecule has 2 N–H and O–H groups in total. The van der Waals surface area contributed by atoms with E-state index >= 15 is 0 Å². The molecule has 2 rings (SSSR count). The summed E-state index contributed by atoms with van der Waals surface area (Å²) in [4.78, 5) is 11.3. The van der Waals surface area contributed by atoms with Gasteiger partial charge in [-0.2, -0.15) is 0 Å². The molecule has 2 aromatic rings. The molecular weight excluding hydrogens is 204 g/mol. The first kappa shape index (κ1) is 10.6. The van der Waals surface area contributed by atoms with Gasteiger partial charge >= 0.3 is 0 Å². The number of rotatable bonds is 5. The monoisotopic (exact) mass is 218 g/mol. The highest BCUT2D eigenvalue weighted by Gasteiger charge is 1.98. The normalized spacial score (nSPS) is 10.3. The second-order valence-electron chi connectivity index (χ2n) is 3.35. The van der Waals surface area contributed by atoms with E-state index in [1.165, 1.54) is 0 Å². The Labute approximate surface area is 93.9 Å². The second-order valence-corrected chi connectivity index (χ2v) is 3.35. The SMILES string of the molecule is COc1cccc(CNCc2cnc[nH]2)n1. The van der Waals surface area contributed by atoms with Crippen LogP contribution < -0.4 is 10.1 Å². The summed E-state index contributed by atoms with van der Waals surface area (Å²) < 4.78 is 5.05. The van der Waals surface area contributed by atoms with Crippen molar-refractivity contribution in [2.75, 3.05) is 7.11 Å². The average molecular weight is 218 g/mol. The van der Waals surface area contributed by atoms with Gasteiger partial charge in [0.25, 0.3) is 0 Å². The van der Waals surface area contributed by atoms with Crippen LogP contribution in [0.1, 0.15) is 11.4 Å². The molecule has 0 aliphatic heterocycles. The number of hydrogen-bond donors (Lipinski definition) is 2. The number of aromatic amines is 1. The number of ether oxygens (including phenoxy) is 1. The predicted octanol–water partition coefficient (Wildman–Crippen LogP) is 1.10. The fourth-order valence-electron chi connectivity index (χ4n) is 1.38. The summed E-state index contributed by atoms with van der Waals surface area (Å²) in [5.74, 6) is 0.640. The van der Waals surface area contributed by atoms with Gasteiger partial charge in [-0.1, -0.05) is 6.07 Å². The van der Waals surface area contributed by atoms with E-state index in [9.17, 15) is 0 Å². The molecule has 0 bridgehead atoms. The number of nitrogens with zero attached hydrogens (tertiary/aromatic N) is 2. The molecule has 0 aliphatic carbocycles. The van der Waals surface area contributed by atoms with Crippen molar-refractivity contribution in [3.8, 4) is 5.88 Å². The molecule has 5 heteroatoms. The largest absolute Gasteiger partial charge is 0.481 e. The Morgan fingerprint density at radius 2 is 2.31 bits per heavy atom. The van der Waals surface area contributed by atoms with Gasteiger partial charge in [0.2, 0.25) is 5.88 Å².